The maximum atomic E-state index is 11.8. The van der Waals surface area contributed by atoms with Gasteiger partial charge in [0.15, 0.2) is 0 Å². The normalized spacial score (nSPS) is 15.6. The molecule has 4 nitrogen and oxygen atoms in total. The molecule has 90 valence electrons. The van der Waals surface area contributed by atoms with Crippen LogP contribution in [0.4, 0.5) is 0 Å². The molecule has 2 unspecified atom stereocenters. The fourth-order valence-electron chi connectivity index (χ4n) is 1.32. The molecule has 1 rings (SSSR count). The summed E-state index contributed by atoms with van der Waals surface area (Å²) >= 11 is 0. The van der Waals surface area contributed by atoms with Crippen molar-refractivity contribution in [2.24, 2.45) is 0 Å². The molecule has 0 heterocycles. The van der Waals surface area contributed by atoms with Crippen LogP contribution in [0.15, 0.2) is 35.2 Å². The van der Waals surface area contributed by atoms with E-state index in [9.17, 15) is 12.6 Å². The molecule has 0 aliphatic heterocycles. The van der Waals surface area contributed by atoms with E-state index in [0.717, 1.165) is 0 Å². The molecule has 0 fully saturated rings. The second kappa shape index (κ2) is 5.56. The summed E-state index contributed by atoms with van der Waals surface area (Å²) in [5.41, 5.74) is 0. The predicted molar refractivity (Wildman–Crippen MR) is 65.2 cm³/mol. The van der Waals surface area contributed by atoms with Crippen molar-refractivity contribution in [3.8, 4) is 0 Å². The largest absolute Gasteiger partial charge is 0.260 e. The Morgan fingerprint density at radius 1 is 1.31 bits per heavy atom. The molecule has 0 bridgehead atoms. The fraction of sp³-hybridized carbons (Fsp3) is 0.400. The first-order chi connectivity index (χ1) is 7.42. The Morgan fingerprint density at radius 3 is 2.38 bits per heavy atom. The summed E-state index contributed by atoms with van der Waals surface area (Å²) in [5, 5.41) is 0. The SMILES string of the molecule is CC(CS(C)=O)NS(=O)(=O)c1ccccc1. The third kappa shape index (κ3) is 4.03. The molecule has 0 saturated carbocycles. The number of rotatable bonds is 5. The number of benzene rings is 1. The summed E-state index contributed by atoms with van der Waals surface area (Å²) in [4.78, 5) is 0.226. The molecule has 1 aromatic rings. The van der Waals surface area contributed by atoms with Gasteiger partial charge in [-0.3, -0.25) is 4.21 Å². The van der Waals surface area contributed by atoms with Gasteiger partial charge in [-0.25, -0.2) is 13.1 Å². The van der Waals surface area contributed by atoms with Crippen molar-refractivity contribution in [3.05, 3.63) is 30.3 Å². The second-order valence-corrected chi connectivity index (χ2v) is 6.77. The summed E-state index contributed by atoms with van der Waals surface area (Å²) in [6, 6.07) is 7.80. The number of hydrogen-bond donors (Lipinski definition) is 1. The zero-order valence-electron chi connectivity index (χ0n) is 9.21. The zero-order chi connectivity index (χ0) is 12.2. The van der Waals surface area contributed by atoms with Gasteiger partial charge in [0.2, 0.25) is 10.0 Å². The lowest BCUT2D eigenvalue weighted by molar-refractivity contribution is 0.570. The van der Waals surface area contributed by atoms with Crippen molar-refractivity contribution < 1.29 is 12.6 Å². The Bertz CT molecular complexity index is 456. The average Bonchev–Trinajstić information content (AvgIpc) is 2.16. The number of sulfonamides is 1. The van der Waals surface area contributed by atoms with Crippen LogP contribution < -0.4 is 4.72 Å². The first kappa shape index (κ1) is 13.3. The van der Waals surface area contributed by atoms with Crippen LogP contribution in [0, 0.1) is 0 Å². The van der Waals surface area contributed by atoms with Gasteiger partial charge in [0.05, 0.1) is 4.90 Å². The molecule has 1 aromatic carbocycles. The van der Waals surface area contributed by atoms with Gasteiger partial charge >= 0.3 is 0 Å². The van der Waals surface area contributed by atoms with Crippen LogP contribution in [0.25, 0.3) is 0 Å². The topological polar surface area (TPSA) is 63.2 Å². The summed E-state index contributed by atoms with van der Waals surface area (Å²) in [5.74, 6) is 0.312. The zero-order valence-corrected chi connectivity index (χ0v) is 10.8. The van der Waals surface area contributed by atoms with E-state index in [1.807, 2.05) is 0 Å². The maximum Gasteiger partial charge on any atom is 0.240 e. The molecule has 2 atom stereocenters. The van der Waals surface area contributed by atoms with Gasteiger partial charge in [-0.2, -0.15) is 0 Å². The van der Waals surface area contributed by atoms with Crippen LogP contribution >= 0.6 is 0 Å². The van der Waals surface area contributed by atoms with Crippen LogP contribution in [0.5, 0.6) is 0 Å². The van der Waals surface area contributed by atoms with E-state index in [1.54, 1.807) is 31.4 Å². The Kier molecular flexibility index (Phi) is 4.64. The highest BCUT2D eigenvalue weighted by molar-refractivity contribution is 7.89. The molecule has 0 saturated heterocycles. The van der Waals surface area contributed by atoms with Crippen LogP contribution in [0.2, 0.25) is 0 Å². The lowest BCUT2D eigenvalue weighted by Crippen LogP contribution is -2.36. The minimum Gasteiger partial charge on any atom is -0.260 e. The third-order valence-electron chi connectivity index (χ3n) is 1.89. The molecule has 0 spiro atoms. The Balaban J connectivity index is 2.77. The molecule has 0 amide bonds. The smallest absolute Gasteiger partial charge is 0.240 e. The minimum atomic E-state index is -3.49. The minimum absolute atomic E-state index is 0.226. The van der Waals surface area contributed by atoms with E-state index in [0.29, 0.717) is 5.75 Å². The van der Waals surface area contributed by atoms with E-state index in [1.165, 1.54) is 12.1 Å². The molecule has 0 aliphatic carbocycles. The first-order valence-electron chi connectivity index (χ1n) is 4.79. The van der Waals surface area contributed by atoms with E-state index in [-0.39, 0.29) is 10.9 Å². The van der Waals surface area contributed by atoms with Crippen molar-refractivity contribution in [1.82, 2.24) is 4.72 Å². The van der Waals surface area contributed by atoms with Crippen molar-refractivity contribution in [2.45, 2.75) is 17.9 Å². The standard InChI is InChI=1S/C10H15NO3S2/c1-9(8-15(2)12)11-16(13,14)10-6-4-3-5-7-10/h3-7,9,11H,8H2,1-2H3. The molecule has 1 N–H and O–H groups in total. The van der Waals surface area contributed by atoms with Gasteiger partial charge in [0.25, 0.3) is 0 Å². The second-order valence-electron chi connectivity index (χ2n) is 3.58. The monoisotopic (exact) mass is 261 g/mol. The molecule has 0 aromatic heterocycles. The van der Waals surface area contributed by atoms with Crippen LogP contribution in [0.3, 0.4) is 0 Å². The van der Waals surface area contributed by atoms with Crippen LogP contribution in [-0.4, -0.2) is 30.7 Å². The van der Waals surface area contributed by atoms with Gasteiger partial charge in [0.1, 0.15) is 0 Å². The maximum absolute atomic E-state index is 11.8. The van der Waals surface area contributed by atoms with Gasteiger partial charge < -0.3 is 0 Å². The van der Waals surface area contributed by atoms with Crippen LogP contribution in [0.1, 0.15) is 6.92 Å². The lowest BCUT2D eigenvalue weighted by atomic mass is 10.4. The third-order valence-corrected chi connectivity index (χ3v) is 4.47. The first-order valence-corrected chi connectivity index (χ1v) is 8.00. The summed E-state index contributed by atoms with van der Waals surface area (Å²) in [7, 11) is -4.50. The molecule has 16 heavy (non-hydrogen) atoms. The average molecular weight is 261 g/mol. The van der Waals surface area contributed by atoms with E-state index < -0.39 is 20.8 Å². The van der Waals surface area contributed by atoms with Crippen molar-refractivity contribution in [3.63, 3.8) is 0 Å². The molecular weight excluding hydrogens is 246 g/mol. The lowest BCUT2D eigenvalue weighted by Gasteiger charge is -2.12. The van der Waals surface area contributed by atoms with Crippen molar-refractivity contribution >= 4 is 20.8 Å². The Morgan fingerprint density at radius 2 is 1.88 bits per heavy atom. The van der Waals surface area contributed by atoms with Gasteiger partial charge in [-0.15, -0.1) is 0 Å². The van der Waals surface area contributed by atoms with Gasteiger partial charge in [0, 0.05) is 28.9 Å². The van der Waals surface area contributed by atoms with E-state index >= 15 is 0 Å². The quantitative estimate of drug-likeness (QED) is 0.850. The molecule has 0 radical (unpaired) electrons. The van der Waals surface area contributed by atoms with Crippen molar-refractivity contribution in [2.75, 3.05) is 12.0 Å². The highest BCUT2D eigenvalue weighted by atomic mass is 32.2. The highest BCUT2D eigenvalue weighted by Gasteiger charge is 2.17. The predicted octanol–water partition coefficient (Wildman–Crippen LogP) is 0.732. The number of nitrogens with one attached hydrogen (secondary N) is 1. The van der Waals surface area contributed by atoms with E-state index in [4.69, 9.17) is 0 Å². The van der Waals surface area contributed by atoms with Gasteiger partial charge in [-0.1, -0.05) is 18.2 Å². The molecule has 6 heteroatoms. The van der Waals surface area contributed by atoms with Gasteiger partial charge in [-0.05, 0) is 19.1 Å². The summed E-state index contributed by atoms with van der Waals surface area (Å²) in [6.07, 6.45) is 1.55. The highest BCUT2D eigenvalue weighted by Crippen LogP contribution is 2.07. The molecular formula is C10H15NO3S2. The molecule has 0 aliphatic rings. The van der Waals surface area contributed by atoms with Crippen molar-refractivity contribution in [1.29, 1.82) is 0 Å². The fourth-order valence-corrected chi connectivity index (χ4v) is 3.48. The van der Waals surface area contributed by atoms with Crippen LogP contribution in [-0.2, 0) is 20.8 Å². The summed E-state index contributed by atoms with van der Waals surface area (Å²) in [6.45, 7) is 1.70. The number of hydrogen-bond acceptors (Lipinski definition) is 3. The van der Waals surface area contributed by atoms with E-state index in [2.05, 4.69) is 4.72 Å². The Hall–Kier alpha value is -0.720. The Labute approximate surface area is 98.6 Å². The summed E-state index contributed by atoms with van der Waals surface area (Å²) < 4.78 is 37.1.